The summed E-state index contributed by atoms with van der Waals surface area (Å²) >= 11 is 0. The first kappa shape index (κ1) is 18.5. The standard InChI is InChI=1S/C23H21NO3/c25-17-16-24(23(27)20-14-8-3-9-15-20)21(18-10-4-1-5-11-18)22(26)19-12-6-2-7-13-19/h1-15,21,25H,16-17H2/t21-/m0/s1. The van der Waals surface area contributed by atoms with Crippen molar-refractivity contribution in [1.82, 2.24) is 4.90 Å². The number of ketones is 1. The van der Waals surface area contributed by atoms with Gasteiger partial charge in [-0.1, -0.05) is 78.9 Å². The Kier molecular flexibility index (Phi) is 6.13. The summed E-state index contributed by atoms with van der Waals surface area (Å²) in [7, 11) is 0. The summed E-state index contributed by atoms with van der Waals surface area (Å²) in [6.07, 6.45) is 0. The van der Waals surface area contributed by atoms with Gasteiger partial charge in [-0.3, -0.25) is 9.59 Å². The number of benzene rings is 3. The van der Waals surface area contributed by atoms with Crippen LogP contribution >= 0.6 is 0 Å². The van der Waals surface area contributed by atoms with E-state index in [1.54, 1.807) is 48.5 Å². The van der Waals surface area contributed by atoms with Gasteiger partial charge in [0.15, 0.2) is 5.78 Å². The van der Waals surface area contributed by atoms with Gasteiger partial charge in [0.05, 0.1) is 6.61 Å². The summed E-state index contributed by atoms with van der Waals surface area (Å²) in [5.74, 6) is -0.470. The van der Waals surface area contributed by atoms with Crippen LogP contribution in [0.2, 0.25) is 0 Å². The Labute approximate surface area is 158 Å². The number of rotatable bonds is 7. The molecule has 0 bridgehead atoms. The summed E-state index contributed by atoms with van der Waals surface area (Å²) in [5.41, 5.74) is 1.71. The van der Waals surface area contributed by atoms with Gasteiger partial charge in [0.25, 0.3) is 5.91 Å². The monoisotopic (exact) mass is 359 g/mol. The normalized spacial score (nSPS) is 11.6. The molecule has 1 amide bonds. The maximum absolute atomic E-state index is 13.3. The molecule has 0 aliphatic rings. The second-order valence-electron chi connectivity index (χ2n) is 6.13. The van der Waals surface area contributed by atoms with Crippen LogP contribution < -0.4 is 0 Å². The van der Waals surface area contributed by atoms with Gasteiger partial charge in [-0.2, -0.15) is 0 Å². The van der Waals surface area contributed by atoms with Crippen LogP contribution in [0.25, 0.3) is 0 Å². The number of carbonyl (C=O) groups excluding carboxylic acids is 2. The lowest BCUT2D eigenvalue weighted by Crippen LogP contribution is -2.40. The number of aliphatic hydroxyl groups excluding tert-OH is 1. The first-order valence-electron chi connectivity index (χ1n) is 8.83. The predicted molar refractivity (Wildman–Crippen MR) is 105 cm³/mol. The van der Waals surface area contributed by atoms with Crippen molar-refractivity contribution >= 4 is 11.7 Å². The Balaban J connectivity index is 2.06. The summed E-state index contributed by atoms with van der Waals surface area (Å²) in [4.78, 5) is 27.9. The average Bonchev–Trinajstić information content (AvgIpc) is 2.75. The molecular weight excluding hydrogens is 338 g/mol. The smallest absolute Gasteiger partial charge is 0.254 e. The molecule has 0 unspecified atom stereocenters. The Bertz CT molecular complexity index is 879. The molecule has 0 saturated heterocycles. The lowest BCUT2D eigenvalue weighted by Gasteiger charge is -2.31. The van der Waals surface area contributed by atoms with Gasteiger partial charge in [0.1, 0.15) is 6.04 Å². The van der Waals surface area contributed by atoms with E-state index in [2.05, 4.69) is 0 Å². The molecule has 27 heavy (non-hydrogen) atoms. The van der Waals surface area contributed by atoms with Crippen molar-refractivity contribution < 1.29 is 14.7 Å². The van der Waals surface area contributed by atoms with E-state index in [0.29, 0.717) is 16.7 Å². The quantitative estimate of drug-likeness (QED) is 0.654. The SMILES string of the molecule is O=C(c1ccccc1)[C@H](c1ccccc1)N(CCO)C(=O)c1ccccc1. The number of carbonyl (C=O) groups is 2. The van der Waals surface area contributed by atoms with E-state index in [1.165, 1.54) is 4.90 Å². The fourth-order valence-corrected chi connectivity index (χ4v) is 3.07. The predicted octanol–water partition coefficient (Wildman–Crippen LogP) is 3.75. The van der Waals surface area contributed by atoms with E-state index in [1.807, 2.05) is 42.5 Å². The summed E-state index contributed by atoms with van der Waals surface area (Å²) < 4.78 is 0. The van der Waals surface area contributed by atoms with E-state index in [9.17, 15) is 14.7 Å². The molecule has 4 nitrogen and oxygen atoms in total. The van der Waals surface area contributed by atoms with Crippen molar-refractivity contribution in [2.75, 3.05) is 13.2 Å². The third kappa shape index (κ3) is 4.30. The topological polar surface area (TPSA) is 57.6 Å². The van der Waals surface area contributed by atoms with Crippen molar-refractivity contribution in [2.45, 2.75) is 6.04 Å². The first-order chi connectivity index (χ1) is 13.2. The van der Waals surface area contributed by atoms with Gasteiger partial charge in [-0.05, 0) is 17.7 Å². The van der Waals surface area contributed by atoms with E-state index in [4.69, 9.17) is 0 Å². The Morgan fingerprint density at radius 1 is 0.741 bits per heavy atom. The van der Waals surface area contributed by atoms with Crippen LogP contribution in [0.4, 0.5) is 0 Å². The minimum atomic E-state index is -0.812. The zero-order chi connectivity index (χ0) is 19.1. The first-order valence-corrected chi connectivity index (χ1v) is 8.83. The van der Waals surface area contributed by atoms with Gasteiger partial charge in [0.2, 0.25) is 0 Å². The number of nitrogens with zero attached hydrogens (tertiary/aromatic N) is 1. The van der Waals surface area contributed by atoms with E-state index in [-0.39, 0.29) is 24.8 Å². The number of hydrogen-bond acceptors (Lipinski definition) is 3. The van der Waals surface area contributed by atoms with Crippen LogP contribution in [0.15, 0.2) is 91.0 Å². The van der Waals surface area contributed by atoms with Crippen LogP contribution in [0.5, 0.6) is 0 Å². The van der Waals surface area contributed by atoms with Crippen LogP contribution in [0.3, 0.4) is 0 Å². The van der Waals surface area contributed by atoms with Crippen LogP contribution in [0, 0.1) is 0 Å². The maximum atomic E-state index is 13.3. The molecule has 1 atom stereocenters. The molecular formula is C23H21NO3. The summed E-state index contributed by atoms with van der Waals surface area (Å²) in [6.45, 7) is -0.171. The Morgan fingerprint density at radius 3 is 1.74 bits per heavy atom. The molecule has 136 valence electrons. The van der Waals surface area contributed by atoms with Crippen molar-refractivity contribution in [2.24, 2.45) is 0 Å². The molecule has 0 spiro atoms. The van der Waals surface area contributed by atoms with Gasteiger partial charge in [-0.25, -0.2) is 0 Å². The Hall–Kier alpha value is -3.24. The summed E-state index contributed by atoms with van der Waals surface area (Å²) in [6, 6.07) is 26.1. The molecule has 3 aromatic carbocycles. The van der Waals surface area contributed by atoms with Crippen molar-refractivity contribution in [3.63, 3.8) is 0 Å². The number of aliphatic hydroxyl groups is 1. The molecule has 1 N–H and O–H groups in total. The minimum Gasteiger partial charge on any atom is -0.395 e. The van der Waals surface area contributed by atoms with E-state index in [0.717, 1.165) is 0 Å². The Morgan fingerprint density at radius 2 is 1.22 bits per heavy atom. The molecule has 0 aromatic heterocycles. The largest absolute Gasteiger partial charge is 0.395 e. The molecule has 0 radical (unpaired) electrons. The van der Waals surface area contributed by atoms with Crippen LogP contribution in [-0.2, 0) is 0 Å². The zero-order valence-electron chi connectivity index (χ0n) is 14.9. The van der Waals surface area contributed by atoms with Gasteiger partial charge in [-0.15, -0.1) is 0 Å². The highest BCUT2D eigenvalue weighted by molar-refractivity contribution is 6.04. The fourth-order valence-electron chi connectivity index (χ4n) is 3.07. The highest BCUT2D eigenvalue weighted by atomic mass is 16.3. The van der Waals surface area contributed by atoms with E-state index >= 15 is 0 Å². The lowest BCUT2D eigenvalue weighted by atomic mass is 9.95. The molecule has 0 fully saturated rings. The molecule has 0 aliphatic carbocycles. The average molecular weight is 359 g/mol. The minimum absolute atomic E-state index is 0.0614. The molecule has 3 rings (SSSR count). The van der Waals surface area contributed by atoms with E-state index < -0.39 is 6.04 Å². The second-order valence-corrected chi connectivity index (χ2v) is 6.13. The number of hydrogen-bond donors (Lipinski definition) is 1. The highest BCUT2D eigenvalue weighted by Gasteiger charge is 2.32. The van der Waals surface area contributed by atoms with Gasteiger partial charge >= 0.3 is 0 Å². The van der Waals surface area contributed by atoms with Crippen molar-refractivity contribution in [3.8, 4) is 0 Å². The maximum Gasteiger partial charge on any atom is 0.254 e. The molecule has 4 heteroatoms. The number of Topliss-reactive ketones (excluding diaryl/α,β-unsaturated/α-hetero) is 1. The number of amides is 1. The van der Waals surface area contributed by atoms with Crippen LogP contribution in [-0.4, -0.2) is 34.8 Å². The van der Waals surface area contributed by atoms with Gasteiger partial charge < -0.3 is 10.0 Å². The summed E-state index contributed by atoms with van der Waals surface area (Å²) in [5, 5.41) is 9.58. The molecule has 0 saturated carbocycles. The third-order valence-corrected chi connectivity index (χ3v) is 4.36. The fraction of sp³-hybridized carbons (Fsp3) is 0.130. The van der Waals surface area contributed by atoms with Gasteiger partial charge in [0, 0.05) is 17.7 Å². The highest BCUT2D eigenvalue weighted by Crippen LogP contribution is 2.27. The van der Waals surface area contributed by atoms with Crippen molar-refractivity contribution in [3.05, 3.63) is 108 Å². The van der Waals surface area contributed by atoms with Crippen molar-refractivity contribution in [1.29, 1.82) is 0 Å². The van der Waals surface area contributed by atoms with Crippen LogP contribution in [0.1, 0.15) is 32.3 Å². The second kappa shape index (κ2) is 8.92. The zero-order valence-corrected chi connectivity index (χ0v) is 14.9. The molecule has 3 aromatic rings. The lowest BCUT2D eigenvalue weighted by molar-refractivity contribution is 0.0570. The molecule has 0 heterocycles. The molecule has 0 aliphatic heterocycles. The third-order valence-electron chi connectivity index (χ3n) is 4.36.